The fraction of sp³-hybridized carbons (Fsp3) is 0.690. The van der Waals surface area contributed by atoms with Crippen LogP contribution in [0.5, 0.6) is 0 Å². The van der Waals surface area contributed by atoms with Crippen LogP contribution in [0.15, 0.2) is 0 Å². The van der Waals surface area contributed by atoms with E-state index in [1.165, 1.54) is 20.8 Å². The van der Waals surface area contributed by atoms with E-state index in [9.17, 15) is 48.3 Å². The summed E-state index contributed by atoms with van der Waals surface area (Å²) < 4.78 is 10.8. The van der Waals surface area contributed by atoms with Crippen molar-refractivity contribution in [3.05, 3.63) is 0 Å². The third kappa shape index (κ3) is 11.2. The van der Waals surface area contributed by atoms with E-state index in [0.29, 0.717) is 15.0 Å². The van der Waals surface area contributed by atoms with Gasteiger partial charge in [-0.1, -0.05) is 0 Å². The van der Waals surface area contributed by atoms with Gasteiger partial charge < -0.3 is 25.0 Å². The van der Waals surface area contributed by atoms with Crippen LogP contribution in [0.3, 0.4) is 0 Å². The first-order valence-corrected chi connectivity index (χ1v) is 15.1. The summed E-state index contributed by atoms with van der Waals surface area (Å²) in [7, 11) is 0. The fourth-order valence-corrected chi connectivity index (χ4v) is 4.64. The van der Waals surface area contributed by atoms with Crippen molar-refractivity contribution >= 4 is 53.7 Å². The standard InChI is InChI=1S/C29H43N5O13/c1-28(2,3)46-26(44)31(33-19(35)11-12-20(33)36)16-8-7-9-18(24(41)30-17(25(42)43)10-15-23(39)40)32(27(45)47-29(4,5)6)34-21(37)13-14-22(34)38/h17-18H,7-16H2,1-6H3,(H,30,41)(H,39,40)(H,42,43)/t17-,18-/m0/s1. The highest BCUT2D eigenvalue weighted by molar-refractivity contribution is 6.04. The van der Waals surface area contributed by atoms with E-state index in [0.717, 1.165) is 5.01 Å². The van der Waals surface area contributed by atoms with Crippen molar-refractivity contribution in [2.45, 2.75) is 123 Å². The molecule has 0 bridgehead atoms. The second-order valence-electron chi connectivity index (χ2n) is 13.0. The molecule has 2 heterocycles. The Morgan fingerprint density at radius 3 is 1.66 bits per heavy atom. The molecule has 0 aliphatic carbocycles. The molecular formula is C29H43N5O13. The number of nitrogens with zero attached hydrogens (tertiary/aromatic N) is 4. The quantitative estimate of drug-likeness (QED) is 0.176. The van der Waals surface area contributed by atoms with Gasteiger partial charge in [0.05, 0.1) is 0 Å². The highest BCUT2D eigenvalue weighted by atomic mass is 16.6. The van der Waals surface area contributed by atoms with Crippen LogP contribution in [0.25, 0.3) is 0 Å². The van der Waals surface area contributed by atoms with E-state index in [2.05, 4.69) is 5.32 Å². The molecule has 2 saturated heterocycles. The molecule has 18 nitrogen and oxygen atoms in total. The summed E-state index contributed by atoms with van der Waals surface area (Å²) >= 11 is 0. The zero-order valence-corrected chi connectivity index (χ0v) is 27.4. The number of nitrogens with one attached hydrogen (secondary N) is 1. The Morgan fingerprint density at radius 1 is 0.745 bits per heavy atom. The molecule has 3 N–H and O–H groups in total. The topological polar surface area (TPSA) is 238 Å². The summed E-state index contributed by atoms with van der Waals surface area (Å²) in [5, 5.41) is 23.4. The van der Waals surface area contributed by atoms with Crippen LogP contribution in [0, 0.1) is 0 Å². The maximum Gasteiger partial charge on any atom is 0.430 e. The molecule has 0 saturated carbocycles. The van der Waals surface area contributed by atoms with Crippen LogP contribution in [0.4, 0.5) is 9.59 Å². The molecule has 0 aromatic rings. The predicted octanol–water partition coefficient (Wildman–Crippen LogP) is 1.56. The van der Waals surface area contributed by atoms with Crippen LogP contribution in [-0.2, 0) is 43.0 Å². The molecule has 2 fully saturated rings. The molecule has 2 atom stereocenters. The highest BCUT2D eigenvalue weighted by Crippen LogP contribution is 2.25. The van der Waals surface area contributed by atoms with Crippen LogP contribution >= 0.6 is 0 Å². The van der Waals surface area contributed by atoms with Crippen molar-refractivity contribution in [1.82, 2.24) is 25.4 Å². The zero-order valence-electron chi connectivity index (χ0n) is 27.4. The molecule has 0 aromatic heterocycles. The van der Waals surface area contributed by atoms with E-state index in [4.69, 9.17) is 14.6 Å². The summed E-state index contributed by atoms with van der Waals surface area (Å²) in [5.74, 6) is -6.90. The van der Waals surface area contributed by atoms with Crippen molar-refractivity contribution in [1.29, 1.82) is 0 Å². The maximum absolute atomic E-state index is 13.7. The maximum atomic E-state index is 13.7. The van der Waals surface area contributed by atoms with Crippen LogP contribution in [0.2, 0.25) is 0 Å². The van der Waals surface area contributed by atoms with Gasteiger partial charge in [-0.2, -0.15) is 15.0 Å². The van der Waals surface area contributed by atoms with Crippen molar-refractivity contribution < 1.29 is 62.8 Å². The summed E-state index contributed by atoms with van der Waals surface area (Å²) in [6.07, 6.45) is -4.54. The summed E-state index contributed by atoms with van der Waals surface area (Å²) in [4.78, 5) is 114. The first kappa shape index (κ1) is 38.4. The van der Waals surface area contributed by atoms with Crippen molar-refractivity contribution in [3.8, 4) is 0 Å². The van der Waals surface area contributed by atoms with Crippen LogP contribution in [-0.4, -0.2) is 114 Å². The first-order valence-electron chi connectivity index (χ1n) is 15.1. The number of carboxylic acid groups (broad SMARTS) is 2. The fourth-order valence-electron chi connectivity index (χ4n) is 4.64. The minimum absolute atomic E-state index is 0.00843. The molecule has 2 rings (SSSR count). The van der Waals surface area contributed by atoms with Crippen LogP contribution < -0.4 is 5.32 Å². The minimum atomic E-state index is -1.73. The molecule has 2 aliphatic heterocycles. The molecule has 0 spiro atoms. The number of carbonyl (C=O) groups is 9. The lowest BCUT2D eigenvalue weighted by Gasteiger charge is -2.37. The molecule has 18 heteroatoms. The van der Waals surface area contributed by atoms with Crippen molar-refractivity contribution in [2.75, 3.05) is 6.54 Å². The number of amides is 7. The smallest absolute Gasteiger partial charge is 0.430 e. The third-order valence-corrected chi connectivity index (χ3v) is 6.65. The van der Waals surface area contributed by atoms with Gasteiger partial charge in [-0.25, -0.2) is 19.4 Å². The van der Waals surface area contributed by atoms with Gasteiger partial charge in [-0.3, -0.25) is 28.8 Å². The van der Waals surface area contributed by atoms with E-state index in [1.54, 1.807) is 20.8 Å². The molecule has 7 amide bonds. The SMILES string of the molecule is CC(C)(C)OC(=O)N(CCCC[C@@H](C(=O)N[C@@H](CCC(=O)O)C(=O)O)N(C(=O)OC(C)(C)C)N1C(=O)CCC1=O)N1C(=O)CCC1=O. The number of carbonyl (C=O) groups excluding carboxylic acids is 7. The molecule has 2 aliphatic rings. The zero-order chi connectivity index (χ0) is 35.9. The number of aliphatic carboxylic acids is 2. The average Bonchev–Trinajstić information content (AvgIpc) is 3.42. The molecule has 0 aromatic carbocycles. The van der Waals surface area contributed by atoms with Gasteiger partial charge in [0.1, 0.15) is 23.3 Å². The Bertz CT molecular complexity index is 1250. The van der Waals surface area contributed by atoms with Gasteiger partial charge in [0.15, 0.2) is 0 Å². The first-order chi connectivity index (χ1) is 21.6. The monoisotopic (exact) mass is 669 g/mol. The number of unbranched alkanes of at least 4 members (excludes halogenated alkanes) is 1. The van der Waals surface area contributed by atoms with Gasteiger partial charge in [0.25, 0.3) is 0 Å². The molecule has 0 radical (unpaired) electrons. The minimum Gasteiger partial charge on any atom is -0.481 e. The third-order valence-electron chi connectivity index (χ3n) is 6.65. The molecule has 0 unspecified atom stereocenters. The number of ether oxygens (including phenoxy) is 2. The number of carboxylic acids is 2. The van der Waals surface area contributed by atoms with E-state index in [1.807, 2.05) is 0 Å². The van der Waals surface area contributed by atoms with E-state index >= 15 is 0 Å². The Balaban J connectivity index is 2.43. The number of hydrazine groups is 2. The van der Waals surface area contributed by atoms with Gasteiger partial charge in [0.2, 0.25) is 29.5 Å². The number of rotatable bonds is 14. The van der Waals surface area contributed by atoms with Crippen molar-refractivity contribution in [2.24, 2.45) is 0 Å². The molecule has 47 heavy (non-hydrogen) atoms. The normalized spacial score (nSPS) is 16.6. The highest BCUT2D eigenvalue weighted by Gasteiger charge is 2.45. The van der Waals surface area contributed by atoms with E-state index < -0.39 is 89.8 Å². The molecular weight excluding hydrogens is 626 g/mol. The second kappa shape index (κ2) is 15.7. The predicted molar refractivity (Wildman–Crippen MR) is 157 cm³/mol. The largest absolute Gasteiger partial charge is 0.481 e. The Hall–Kier alpha value is -4.77. The Kier molecular flexibility index (Phi) is 12.8. The van der Waals surface area contributed by atoms with Gasteiger partial charge in [-0.15, -0.1) is 0 Å². The lowest BCUT2D eigenvalue weighted by molar-refractivity contribution is -0.163. The second-order valence-corrected chi connectivity index (χ2v) is 13.0. The summed E-state index contributed by atoms with van der Waals surface area (Å²) in [6.45, 7) is 9.02. The Labute approximate surface area is 271 Å². The summed E-state index contributed by atoms with van der Waals surface area (Å²) in [5.41, 5.74) is -2.13. The van der Waals surface area contributed by atoms with Crippen LogP contribution in [0.1, 0.15) is 99.3 Å². The van der Waals surface area contributed by atoms with Gasteiger partial charge in [0, 0.05) is 38.6 Å². The lowest BCUT2D eigenvalue weighted by Crippen LogP contribution is -2.61. The molecule has 262 valence electrons. The number of hydrogen-bond acceptors (Lipinski definition) is 11. The number of hydrogen-bond donors (Lipinski definition) is 3. The summed E-state index contributed by atoms with van der Waals surface area (Å²) in [6, 6.07) is -3.44. The van der Waals surface area contributed by atoms with Crippen molar-refractivity contribution in [3.63, 3.8) is 0 Å². The average molecular weight is 670 g/mol. The van der Waals surface area contributed by atoms with Gasteiger partial charge >= 0.3 is 24.1 Å². The lowest BCUT2D eigenvalue weighted by atomic mass is 10.1. The number of imide groups is 2. The van der Waals surface area contributed by atoms with Gasteiger partial charge in [-0.05, 0) is 67.2 Å². The van der Waals surface area contributed by atoms with E-state index in [-0.39, 0.29) is 51.5 Å². The Morgan fingerprint density at radius 2 is 1.21 bits per heavy atom.